The molecule has 3 nitrogen and oxygen atoms in total. The van der Waals surface area contributed by atoms with Crippen LogP contribution in [0.5, 0.6) is 11.5 Å². The van der Waals surface area contributed by atoms with Crippen molar-refractivity contribution in [2.45, 2.75) is 58.3 Å². The molecule has 0 radical (unpaired) electrons. The quantitative estimate of drug-likeness (QED) is 0.419. The van der Waals surface area contributed by atoms with Gasteiger partial charge in [0.15, 0.2) is 0 Å². The van der Waals surface area contributed by atoms with Crippen LogP contribution < -0.4 is 0 Å². The lowest BCUT2D eigenvalue weighted by atomic mass is 9.73. The molecule has 2 atom stereocenters. The number of hydrogen-bond acceptors (Lipinski definition) is 3. The highest BCUT2D eigenvalue weighted by Crippen LogP contribution is 2.46. The van der Waals surface area contributed by atoms with E-state index >= 15 is 0 Å². The maximum absolute atomic E-state index is 10.5. The molecule has 24 heavy (non-hydrogen) atoms. The number of aryl methyl sites for hydroxylation is 1. The van der Waals surface area contributed by atoms with E-state index in [9.17, 15) is 15.0 Å². The van der Waals surface area contributed by atoms with E-state index in [4.69, 9.17) is 0 Å². The number of aldehydes is 1. The summed E-state index contributed by atoms with van der Waals surface area (Å²) in [6.07, 6.45) is 8.11. The standard InChI is InChI=1S/C21H28O3/c1-14(2)17-9-8-15(3)11-18(17)21-19(23)12-16(13-20(21)24)7-5-4-6-10-22/h10-13,17-18,23-24H,1,4-9H2,2-3H3/t17-,18?/m0/s1. The Kier molecular flexibility index (Phi) is 6.24. The van der Waals surface area contributed by atoms with Crippen molar-refractivity contribution in [2.24, 2.45) is 5.92 Å². The average molecular weight is 328 g/mol. The van der Waals surface area contributed by atoms with E-state index in [1.165, 1.54) is 5.57 Å². The summed E-state index contributed by atoms with van der Waals surface area (Å²) in [4.78, 5) is 10.4. The minimum absolute atomic E-state index is 0.0274. The first-order chi connectivity index (χ1) is 11.4. The zero-order valence-corrected chi connectivity index (χ0v) is 14.7. The fourth-order valence-electron chi connectivity index (χ4n) is 3.63. The number of carbonyl (C=O) groups is 1. The summed E-state index contributed by atoms with van der Waals surface area (Å²) < 4.78 is 0. The van der Waals surface area contributed by atoms with Crippen molar-refractivity contribution < 1.29 is 15.0 Å². The Labute approximate surface area is 144 Å². The van der Waals surface area contributed by atoms with Crippen LogP contribution >= 0.6 is 0 Å². The molecule has 2 N–H and O–H groups in total. The molecule has 0 spiro atoms. The zero-order valence-electron chi connectivity index (χ0n) is 14.7. The number of hydrogen-bond donors (Lipinski definition) is 2. The number of allylic oxidation sites excluding steroid dienone is 3. The molecule has 0 aromatic heterocycles. The molecule has 0 bridgehead atoms. The van der Waals surface area contributed by atoms with Gasteiger partial charge in [0.25, 0.3) is 0 Å². The van der Waals surface area contributed by atoms with E-state index in [2.05, 4.69) is 19.6 Å². The Hall–Kier alpha value is -2.03. The number of aromatic hydroxyl groups is 2. The maximum Gasteiger partial charge on any atom is 0.123 e. The number of phenolic OH excluding ortho intramolecular Hbond substituents is 2. The lowest BCUT2D eigenvalue weighted by Gasteiger charge is -2.31. The number of unbranched alkanes of at least 4 members (excludes halogenated alkanes) is 2. The predicted octanol–water partition coefficient (Wildman–Crippen LogP) is 5.03. The van der Waals surface area contributed by atoms with Gasteiger partial charge in [-0.1, -0.05) is 23.8 Å². The first-order valence-electron chi connectivity index (χ1n) is 8.75. The minimum atomic E-state index is -0.0274. The van der Waals surface area contributed by atoms with Gasteiger partial charge in [-0.2, -0.15) is 0 Å². The molecule has 0 heterocycles. The van der Waals surface area contributed by atoms with Gasteiger partial charge in [0.1, 0.15) is 17.8 Å². The number of carbonyl (C=O) groups excluding carboxylic acids is 1. The lowest BCUT2D eigenvalue weighted by molar-refractivity contribution is -0.107. The second kappa shape index (κ2) is 8.18. The van der Waals surface area contributed by atoms with Gasteiger partial charge < -0.3 is 15.0 Å². The van der Waals surface area contributed by atoms with Crippen LogP contribution in [0.25, 0.3) is 0 Å². The topological polar surface area (TPSA) is 57.5 Å². The Morgan fingerprint density at radius 1 is 1.29 bits per heavy atom. The first kappa shape index (κ1) is 18.3. The van der Waals surface area contributed by atoms with Crippen molar-refractivity contribution >= 4 is 6.29 Å². The summed E-state index contributed by atoms with van der Waals surface area (Å²) in [5.74, 6) is 0.523. The number of rotatable bonds is 7. The highest BCUT2D eigenvalue weighted by atomic mass is 16.3. The fourth-order valence-corrected chi connectivity index (χ4v) is 3.63. The molecule has 0 saturated heterocycles. The van der Waals surface area contributed by atoms with Crippen molar-refractivity contribution in [2.75, 3.05) is 0 Å². The van der Waals surface area contributed by atoms with Gasteiger partial charge in [-0.25, -0.2) is 0 Å². The Balaban J connectivity index is 2.27. The smallest absolute Gasteiger partial charge is 0.123 e. The Bertz CT molecular complexity index is 619. The lowest BCUT2D eigenvalue weighted by Crippen LogP contribution is -2.17. The third-order valence-corrected chi connectivity index (χ3v) is 4.95. The fraction of sp³-hybridized carbons (Fsp3) is 0.476. The van der Waals surface area contributed by atoms with Crippen molar-refractivity contribution in [1.82, 2.24) is 0 Å². The molecule has 1 aliphatic rings. The molecule has 1 aromatic rings. The SMILES string of the molecule is C=C(C)[C@@H]1CCC(C)=CC1c1c(O)cc(CCCCC=O)cc1O. The van der Waals surface area contributed by atoms with Gasteiger partial charge in [-0.15, -0.1) is 0 Å². The third-order valence-electron chi connectivity index (χ3n) is 4.95. The highest BCUT2D eigenvalue weighted by molar-refractivity contribution is 5.52. The maximum atomic E-state index is 10.5. The molecule has 0 fully saturated rings. The van der Waals surface area contributed by atoms with Gasteiger partial charge in [0.05, 0.1) is 0 Å². The van der Waals surface area contributed by atoms with Crippen molar-refractivity contribution in [3.63, 3.8) is 0 Å². The van der Waals surface area contributed by atoms with Crippen molar-refractivity contribution in [1.29, 1.82) is 0 Å². The molecule has 0 amide bonds. The second-order valence-corrected chi connectivity index (χ2v) is 6.99. The van der Waals surface area contributed by atoms with E-state index in [1.54, 1.807) is 12.1 Å². The van der Waals surface area contributed by atoms with Crippen LogP contribution in [0, 0.1) is 5.92 Å². The molecule has 1 aliphatic carbocycles. The average Bonchev–Trinajstić information content (AvgIpc) is 2.51. The van der Waals surface area contributed by atoms with Crippen LogP contribution in [0.2, 0.25) is 0 Å². The zero-order chi connectivity index (χ0) is 17.7. The molecule has 0 aliphatic heterocycles. The summed E-state index contributed by atoms with van der Waals surface area (Å²) in [5.41, 5.74) is 3.89. The number of benzene rings is 1. The largest absolute Gasteiger partial charge is 0.507 e. The van der Waals surface area contributed by atoms with E-state index in [0.29, 0.717) is 12.0 Å². The van der Waals surface area contributed by atoms with Gasteiger partial charge in [-0.3, -0.25) is 0 Å². The van der Waals surface area contributed by atoms with Crippen LogP contribution in [0.15, 0.2) is 35.9 Å². The van der Waals surface area contributed by atoms with Gasteiger partial charge in [0, 0.05) is 17.9 Å². The first-order valence-corrected chi connectivity index (χ1v) is 8.75. The highest BCUT2D eigenvalue weighted by Gasteiger charge is 2.30. The summed E-state index contributed by atoms with van der Waals surface area (Å²) >= 11 is 0. The van der Waals surface area contributed by atoms with Gasteiger partial charge >= 0.3 is 0 Å². The Morgan fingerprint density at radius 2 is 1.96 bits per heavy atom. The van der Waals surface area contributed by atoms with Crippen LogP contribution in [0.1, 0.15) is 63.0 Å². The van der Waals surface area contributed by atoms with Crippen molar-refractivity contribution in [3.8, 4) is 11.5 Å². The van der Waals surface area contributed by atoms with Crippen LogP contribution in [0.4, 0.5) is 0 Å². The van der Waals surface area contributed by atoms with E-state index in [-0.39, 0.29) is 23.3 Å². The monoisotopic (exact) mass is 328 g/mol. The van der Waals surface area contributed by atoms with E-state index < -0.39 is 0 Å². The Morgan fingerprint density at radius 3 is 2.54 bits per heavy atom. The molecular weight excluding hydrogens is 300 g/mol. The van der Waals surface area contributed by atoms with Gasteiger partial charge in [0.2, 0.25) is 0 Å². The van der Waals surface area contributed by atoms with Crippen LogP contribution in [-0.2, 0) is 11.2 Å². The predicted molar refractivity (Wildman–Crippen MR) is 97.4 cm³/mol. The molecule has 1 aromatic carbocycles. The molecular formula is C21H28O3. The third kappa shape index (κ3) is 4.28. The number of phenols is 2. The van der Waals surface area contributed by atoms with Crippen LogP contribution in [-0.4, -0.2) is 16.5 Å². The van der Waals surface area contributed by atoms with E-state index in [1.807, 2.05) is 6.92 Å². The minimum Gasteiger partial charge on any atom is -0.507 e. The normalized spacial score (nSPS) is 20.5. The molecule has 130 valence electrons. The second-order valence-electron chi connectivity index (χ2n) is 6.99. The summed E-state index contributed by atoms with van der Waals surface area (Å²) in [6, 6.07) is 3.51. The molecule has 1 unspecified atom stereocenters. The van der Waals surface area contributed by atoms with Gasteiger partial charge in [-0.05, 0) is 69.6 Å². The summed E-state index contributed by atoms with van der Waals surface area (Å²) in [5, 5.41) is 21.1. The summed E-state index contributed by atoms with van der Waals surface area (Å²) in [6.45, 7) is 8.20. The van der Waals surface area contributed by atoms with E-state index in [0.717, 1.165) is 49.5 Å². The van der Waals surface area contributed by atoms with Crippen LogP contribution in [0.3, 0.4) is 0 Å². The summed E-state index contributed by atoms with van der Waals surface area (Å²) in [7, 11) is 0. The molecule has 3 heteroatoms. The molecule has 2 rings (SSSR count). The molecule has 0 saturated carbocycles. The van der Waals surface area contributed by atoms with Crippen molar-refractivity contribution in [3.05, 3.63) is 47.1 Å².